The van der Waals surface area contributed by atoms with E-state index in [1.165, 1.54) is 36.0 Å². The summed E-state index contributed by atoms with van der Waals surface area (Å²) >= 11 is 4.62. The van der Waals surface area contributed by atoms with Gasteiger partial charge >= 0.3 is 0 Å². The topological polar surface area (TPSA) is 136 Å². The third-order valence-electron chi connectivity index (χ3n) is 4.87. The van der Waals surface area contributed by atoms with E-state index in [0.717, 1.165) is 4.47 Å². The van der Waals surface area contributed by atoms with Crippen molar-refractivity contribution in [3.8, 4) is 11.5 Å². The Hall–Kier alpha value is -2.38. The van der Waals surface area contributed by atoms with E-state index in [1.807, 2.05) is 0 Å². The summed E-state index contributed by atoms with van der Waals surface area (Å²) in [5, 5.41) is 14.2. The van der Waals surface area contributed by atoms with Crippen molar-refractivity contribution in [3.05, 3.63) is 70.5 Å². The van der Waals surface area contributed by atoms with Gasteiger partial charge in [0.25, 0.3) is 15.9 Å². The third kappa shape index (κ3) is 6.19. The molecule has 0 saturated heterocycles. The average molecular weight is 570 g/mol. The molecule has 0 unspecified atom stereocenters. The lowest BCUT2D eigenvalue weighted by molar-refractivity contribution is -0.148. The van der Waals surface area contributed by atoms with E-state index in [0.29, 0.717) is 28.7 Å². The van der Waals surface area contributed by atoms with Gasteiger partial charge in [-0.25, -0.2) is 0 Å². The molecule has 3 aromatic rings. The first-order valence-corrected chi connectivity index (χ1v) is 13.3. The minimum Gasteiger partial charge on any atom is -0.457 e. The summed E-state index contributed by atoms with van der Waals surface area (Å²) < 4.78 is 36.0. The molecule has 12 heteroatoms. The van der Waals surface area contributed by atoms with E-state index in [1.54, 1.807) is 51.1 Å². The number of nitrogens with zero attached hydrogens (tertiary/aromatic N) is 2. The summed E-state index contributed by atoms with van der Waals surface area (Å²) in [6, 6.07) is 12.9. The van der Waals surface area contributed by atoms with Crippen LogP contribution in [0.25, 0.3) is 0 Å². The van der Waals surface area contributed by atoms with Crippen LogP contribution in [0.4, 0.5) is 0 Å². The van der Waals surface area contributed by atoms with Gasteiger partial charge in [-0.15, -0.1) is 16.2 Å². The van der Waals surface area contributed by atoms with Gasteiger partial charge in [-0.3, -0.25) is 10.0 Å². The number of carbonyl (C=O) groups excluding carboxylic acids is 1. The van der Waals surface area contributed by atoms with Crippen molar-refractivity contribution in [2.45, 2.75) is 42.2 Å². The Morgan fingerprint density at radius 1 is 1.21 bits per heavy atom. The SMILES string of the molecule is Cc1cc(CSC(C)(C)[C@@H](N)C(=O)N(O)S(=O)(=O)c2ccc(Oc3ccc(Br)cc3)cc2)no1. The molecule has 1 amide bonds. The Morgan fingerprint density at radius 2 is 1.76 bits per heavy atom. The van der Waals surface area contributed by atoms with Crippen LogP contribution in [-0.2, 0) is 20.6 Å². The van der Waals surface area contributed by atoms with Gasteiger partial charge in [-0.1, -0.05) is 21.1 Å². The van der Waals surface area contributed by atoms with Gasteiger partial charge < -0.3 is 15.0 Å². The number of thioether (sulfide) groups is 1. The number of aryl methyl sites for hydroxylation is 1. The van der Waals surface area contributed by atoms with Crippen LogP contribution in [-0.4, -0.2) is 39.9 Å². The Bertz CT molecular complexity index is 1240. The number of hydrogen-bond donors (Lipinski definition) is 2. The van der Waals surface area contributed by atoms with Crippen molar-refractivity contribution in [2.24, 2.45) is 5.73 Å². The quantitative estimate of drug-likeness (QED) is 0.282. The molecule has 3 rings (SSSR count). The largest absolute Gasteiger partial charge is 0.457 e. The molecule has 0 saturated carbocycles. The molecule has 1 heterocycles. The monoisotopic (exact) mass is 569 g/mol. The van der Waals surface area contributed by atoms with Crippen LogP contribution in [0.15, 0.2) is 68.5 Å². The van der Waals surface area contributed by atoms with Gasteiger partial charge in [0.15, 0.2) is 0 Å². The predicted octanol–water partition coefficient (Wildman–Crippen LogP) is 4.48. The molecule has 34 heavy (non-hydrogen) atoms. The number of aromatic nitrogens is 1. The number of benzene rings is 2. The molecule has 1 atom stereocenters. The molecular weight excluding hydrogens is 546 g/mol. The first-order chi connectivity index (χ1) is 15.9. The predicted molar refractivity (Wildman–Crippen MR) is 131 cm³/mol. The fourth-order valence-corrected chi connectivity index (χ4v) is 5.02. The lowest BCUT2D eigenvalue weighted by Gasteiger charge is -2.31. The second-order valence-electron chi connectivity index (χ2n) is 7.91. The number of rotatable bonds is 9. The molecule has 2 aromatic carbocycles. The maximum Gasteiger partial charge on any atom is 0.289 e. The lowest BCUT2D eigenvalue weighted by Crippen LogP contribution is -2.53. The van der Waals surface area contributed by atoms with E-state index in [4.69, 9.17) is 15.0 Å². The van der Waals surface area contributed by atoms with E-state index in [2.05, 4.69) is 21.1 Å². The standard InChI is InChI=1S/C22H24BrN3O6S2/c1-14-12-16(25-32-14)13-33-22(2,3)20(24)21(27)26(28)34(29,30)19-10-8-18(9-11-19)31-17-6-4-15(23)5-7-17/h4-12,20,28H,13,24H2,1-3H3/t20-/m0/s1. The highest BCUT2D eigenvalue weighted by Crippen LogP contribution is 2.32. The van der Waals surface area contributed by atoms with E-state index in [-0.39, 0.29) is 9.36 Å². The van der Waals surface area contributed by atoms with Gasteiger partial charge in [-0.05, 0) is 69.3 Å². The second-order valence-corrected chi connectivity index (χ2v) is 12.2. The van der Waals surface area contributed by atoms with Gasteiger partial charge in [-0.2, -0.15) is 8.42 Å². The zero-order chi connectivity index (χ0) is 25.1. The minimum absolute atomic E-state index is 0.290. The molecular formula is C22H24BrN3O6S2. The number of sulfonamides is 1. The van der Waals surface area contributed by atoms with Crippen LogP contribution in [0.5, 0.6) is 11.5 Å². The molecule has 0 radical (unpaired) electrons. The van der Waals surface area contributed by atoms with Crippen LogP contribution < -0.4 is 10.5 Å². The van der Waals surface area contributed by atoms with Gasteiger partial charge in [0.05, 0.1) is 10.6 Å². The van der Waals surface area contributed by atoms with Crippen LogP contribution >= 0.6 is 27.7 Å². The highest BCUT2D eigenvalue weighted by molar-refractivity contribution is 9.10. The number of nitrogens with two attached hydrogens (primary N) is 1. The van der Waals surface area contributed by atoms with Crippen molar-refractivity contribution in [2.75, 3.05) is 0 Å². The number of carbonyl (C=O) groups is 1. The average Bonchev–Trinajstić information content (AvgIpc) is 3.23. The molecule has 3 N–H and O–H groups in total. The van der Waals surface area contributed by atoms with Crippen molar-refractivity contribution in [3.63, 3.8) is 0 Å². The van der Waals surface area contributed by atoms with E-state index in [9.17, 15) is 18.4 Å². The van der Waals surface area contributed by atoms with Crippen molar-refractivity contribution in [1.82, 2.24) is 9.63 Å². The fourth-order valence-electron chi connectivity index (χ4n) is 2.79. The molecule has 0 aliphatic heterocycles. The van der Waals surface area contributed by atoms with Gasteiger partial charge in [0.2, 0.25) is 0 Å². The first kappa shape index (κ1) is 26.2. The van der Waals surface area contributed by atoms with Crippen LogP contribution in [0.1, 0.15) is 25.3 Å². The van der Waals surface area contributed by atoms with Crippen molar-refractivity contribution in [1.29, 1.82) is 0 Å². The summed E-state index contributed by atoms with van der Waals surface area (Å²) in [7, 11) is -4.54. The minimum atomic E-state index is -4.54. The van der Waals surface area contributed by atoms with E-state index < -0.39 is 26.7 Å². The maximum absolute atomic E-state index is 12.8. The molecule has 9 nitrogen and oxygen atoms in total. The molecule has 1 aromatic heterocycles. The van der Waals surface area contributed by atoms with Crippen LogP contribution in [0, 0.1) is 6.92 Å². The van der Waals surface area contributed by atoms with Gasteiger partial charge in [0.1, 0.15) is 23.3 Å². The Kier molecular flexibility index (Phi) is 8.09. The fraction of sp³-hybridized carbons (Fsp3) is 0.273. The van der Waals surface area contributed by atoms with E-state index >= 15 is 0 Å². The molecule has 0 aliphatic carbocycles. The molecule has 0 bridgehead atoms. The smallest absolute Gasteiger partial charge is 0.289 e. The number of hydroxylamine groups is 1. The summed E-state index contributed by atoms with van der Waals surface area (Å²) in [5.74, 6) is 0.834. The maximum atomic E-state index is 12.8. The normalized spacial score (nSPS) is 12.9. The Balaban J connectivity index is 1.68. The molecule has 0 fully saturated rings. The lowest BCUT2D eigenvalue weighted by atomic mass is 10.0. The van der Waals surface area contributed by atoms with Crippen molar-refractivity contribution >= 4 is 43.6 Å². The summed E-state index contributed by atoms with van der Waals surface area (Å²) in [4.78, 5) is 12.5. The second kappa shape index (κ2) is 10.5. The molecule has 0 spiro atoms. The zero-order valence-corrected chi connectivity index (χ0v) is 21.9. The number of halogens is 1. The summed E-state index contributed by atoms with van der Waals surface area (Å²) in [6.07, 6.45) is 0. The third-order valence-corrected chi connectivity index (χ3v) is 8.34. The van der Waals surface area contributed by atoms with Gasteiger partial charge in [0, 0.05) is 21.0 Å². The number of ether oxygens (including phenoxy) is 1. The number of amides is 1. The first-order valence-electron chi connectivity index (χ1n) is 10.0. The van der Waals surface area contributed by atoms with Crippen LogP contribution in [0.3, 0.4) is 0 Å². The molecule has 182 valence electrons. The van der Waals surface area contributed by atoms with Crippen molar-refractivity contribution < 1.29 is 27.7 Å². The highest BCUT2D eigenvalue weighted by Gasteiger charge is 2.40. The number of hydrogen-bond acceptors (Lipinski definition) is 9. The van der Waals surface area contributed by atoms with Crippen LogP contribution in [0.2, 0.25) is 0 Å². The zero-order valence-electron chi connectivity index (χ0n) is 18.6. The molecule has 0 aliphatic rings. The Labute approximate surface area is 210 Å². The highest BCUT2D eigenvalue weighted by atomic mass is 79.9. The summed E-state index contributed by atoms with van der Waals surface area (Å²) in [6.45, 7) is 5.12. The summed E-state index contributed by atoms with van der Waals surface area (Å²) in [5.41, 5.74) is 6.72. The Morgan fingerprint density at radius 3 is 2.29 bits per heavy atom.